The van der Waals surface area contributed by atoms with Gasteiger partial charge >= 0.3 is 4.87 Å². The quantitative estimate of drug-likeness (QED) is 0.366. The number of β-amino-alcohol motifs (C(OH)–C–C–N with tert-alkyl or cyclic N) is 1. The Kier molecular flexibility index (Phi) is 6.60. The number of aromatic amines is 1. The van der Waals surface area contributed by atoms with Crippen molar-refractivity contribution >= 4 is 38.8 Å². The van der Waals surface area contributed by atoms with E-state index in [9.17, 15) is 14.7 Å². The van der Waals surface area contributed by atoms with Crippen molar-refractivity contribution in [3.8, 4) is 10.6 Å². The lowest BCUT2D eigenvalue weighted by Gasteiger charge is -2.31. The number of fused-ring (bicyclic) bond motifs is 1. The third kappa shape index (κ3) is 4.69. The molecule has 3 heterocycles. The van der Waals surface area contributed by atoms with Crippen LogP contribution in [0.15, 0.2) is 58.8 Å². The van der Waals surface area contributed by atoms with E-state index in [1.54, 1.807) is 24.6 Å². The molecule has 5 rings (SSSR count). The zero-order valence-electron chi connectivity index (χ0n) is 18.7. The number of aliphatic hydroxyl groups is 1. The van der Waals surface area contributed by atoms with Crippen molar-refractivity contribution < 1.29 is 9.90 Å². The largest absolute Gasteiger partial charge is 0.392 e. The van der Waals surface area contributed by atoms with E-state index < -0.39 is 5.92 Å². The number of rotatable bonds is 7. The monoisotopic (exact) mass is 494 g/mol. The Labute approximate surface area is 205 Å². The molecule has 0 saturated carbocycles. The molecule has 1 fully saturated rings. The van der Waals surface area contributed by atoms with Gasteiger partial charge in [-0.3, -0.25) is 9.59 Å². The Morgan fingerprint density at radius 3 is 2.91 bits per heavy atom. The predicted octanol–water partition coefficient (Wildman–Crippen LogP) is 3.39. The zero-order valence-corrected chi connectivity index (χ0v) is 20.4. The lowest BCUT2D eigenvalue weighted by atomic mass is 9.79. The van der Waals surface area contributed by atoms with Crippen molar-refractivity contribution in [1.82, 2.24) is 20.2 Å². The van der Waals surface area contributed by atoms with Crippen LogP contribution in [-0.2, 0) is 4.79 Å². The molecule has 3 N–H and O–H groups in total. The number of thiazole rings is 2. The molecule has 1 aliphatic heterocycles. The van der Waals surface area contributed by atoms with Crippen molar-refractivity contribution in [2.45, 2.75) is 24.4 Å². The third-order valence-electron chi connectivity index (χ3n) is 6.43. The molecule has 4 aromatic rings. The average Bonchev–Trinajstić information content (AvgIpc) is 3.59. The highest BCUT2D eigenvalue weighted by atomic mass is 32.1. The average molecular weight is 495 g/mol. The molecular weight excluding hydrogens is 468 g/mol. The van der Waals surface area contributed by atoms with Crippen LogP contribution in [0.25, 0.3) is 20.8 Å². The maximum atomic E-state index is 13.4. The summed E-state index contributed by atoms with van der Waals surface area (Å²) in [7, 11) is 1.66. The summed E-state index contributed by atoms with van der Waals surface area (Å²) in [4.78, 5) is 34.7. The molecule has 1 saturated heterocycles. The van der Waals surface area contributed by atoms with E-state index in [1.807, 2.05) is 35.7 Å². The van der Waals surface area contributed by atoms with Crippen LogP contribution in [0.3, 0.4) is 0 Å². The van der Waals surface area contributed by atoms with Gasteiger partial charge in [0.25, 0.3) is 0 Å². The number of hydrogen-bond donors (Lipinski definition) is 3. The number of likely N-dealkylation sites (N-methyl/N-ethyl adjacent to an activating group) is 1. The fourth-order valence-corrected chi connectivity index (χ4v) is 6.16. The number of nitrogens with one attached hydrogen (secondary N) is 2. The molecule has 3 atom stereocenters. The Morgan fingerprint density at radius 2 is 2.18 bits per heavy atom. The molecule has 1 amide bonds. The van der Waals surface area contributed by atoms with Crippen LogP contribution in [0.5, 0.6) is 0 Å². The smallest absolute Gasteiger partial charge is 0.305 e. The van der Waals surface area contributed by atoms with Crippen LogP contribution >= 0.6 is 22.7 Å². The molecule has 0 bridgehead atoms. The molecule has 7 nitrogen and oxygen atoms in total. The fourth-order valence-electron chi connectivity index (χ4n) is 4.81. The highest BCUT2D eigenvalue weighted by molar-refractivity contribution is 7.16. The fraction of sp³-hybridized carbons (Fsp3) is 0.320. The zero-order chi connectivity index (χ0) is 23.7. The number of hydrogen-bond acceptors (Lipinski definition) is 7. The highest BCUT2D eigenvalue weighted by Crippen LogP contribution is 2.38. The van der Waals surface area contributed by atoms with Crippen LogP contribution in [-0.4, -0.2) is 58.7 Å². The van der Waals surface area contributed by atoms with Crippen molar-refractivity contribution in [1.29, 1.82) is 0 Å². The second kappa shape index (κ2) is 9.79. The summed E-state index contributed by atoms with van der Waals surface area (Å²) in [5, 5.41) is 15.9. The number of aliphatic hydroxyl groups excluding tert-OH is 1. The Bertz CT molecular complexity index is 1350. The van der Waals surface area contributed by atoms with Gasteiger partial charge in [0.1, 0.15) is 5.01 Å². The maximum Gasteiger partial charge on any atom is 0.305 e. The molecule has 176 valence electrons. The maximum absolute atomic E-state index is 13.4. The molecule has 0 aliphatic carbocycles. The van der Waals surface area contributed by atoms with Crippen LogP contribution in [0.1, 0.15) is 29.4 Å². The van der Waals surface area contributed by atoms with Gasteiger partial charge in [-0.2, -0.15) is 0 Å². The van der Waals surface area contributed by atoms with Gasteiger partial charge in [-0.1, -0.05) is 35.6 Å². The summed E-state index contributed by atoms with van der Waals surface area (Å²) in [6.07, 6.45) is 2.19. The SMILES string of the molecule is CNC(=O)C(c1ccc2sc(=O)[nH]c2c1)[C@H](CN1CC[C@H](O)C1)c1cccc(-c2nccs2)c1. The van der Waals surface area contributed by atoms with Crippen LogP contribution in [0.2, 0.25) is 0 Å². The number of aromatic nitrogens is 2. The second-order valence-electron chi connectivity index (χ2n) is 8.63. The Hall–Kier alpha value is -2.85. The van der Waals surface area contributed by atoms with Gasteiger partial charge in [0.2, 0.25) is 5.91 Å². The molecule has 1 aliphatic rings. The van der Waals surface area contributed by atoms with E-state index >= 15 is 0 Å². The van der Waals surface area contributed by atoms with E-state index in [4.69, 9.17) is 0 Å². The first kappa shape index (κ1) is 22.9. The summed E-state index contributed by atoms with van der Waals surface area (Å²) in [6.45, 7) is 2.02. The number of carbonyl (C=O) groups is 1. The number of benzene rings is 2. The predicted molar refractivity (Wildman–Crippen MR) is 137 cm³/mol. The molecular formula is C25H26N4O3S2. The van der Waals surface area contributed by atoms with Crippen LogP contribution in [0, 0.1) is 0 Å². The van der Waals surface area contributed by atoms with Gasteiger partial charge in [0.05, 0.1) is 22.2 Å². The third-order valence-corrected chi connectivity index (χ3v) is 8.12. The van der Waals surface area contributed by atoms with E-state index in [1.165, 1.54) is 0 Å². The van der Waals surface area contributed by atoms with Crippen LogP contribution < -0.4 is 10.2 Å². The summed E-state index contributed by atoms with van der Waals surface area (Å²) in [5.41, 5.74) is 3.66. The van der Waals surface area contributed by atoms with Crippen molar-refractivity contribution in [2.75, 3.05) is 26.7 Å². The number of carbonyl (C=O) groups excluding carboxylic acids is 1. The number of H-pyrrole nitrogens is 1. The number of amides is 1. The first-order valence-electron chi connectivity index (χ1n) is 11.3. The summed E-state index contributed by atoms with van der Waals surface area (Å²) >= 11 is 2.75. The first-order chi connectivity index (χ1) is 16.5. The molecule has 1 unspecified atom stereocenters. The van der Waals surface area contributed by atoms with E-state index in [-0.39, 0.29) is 22.8 Å². The summed E-state index contributed by atoms with van der Waals surface area (Å²) in [6, 6.07) is 14.0. The van der Waals surface area contributed by atoms with Crippen LogP contribution in [0.4, 0.5) is 0 Å². The molecule has 2 aromatic heterocycles. The molecule has 0 radical (unpaired) electrons. The Balaban J connectivity index is 1.60. The van der Waals surface area contributed by atoms with E-state index in [0.29, 0.717) is 13.1 Å². The van der Waals surface area contributed by atoms with Gasteiger partial charge in [-0.25, -0.2) is 4.98 Å². The van der Waals surface area contributed by atoms with Crippen molar-refractivity contribution in [2.24, 2.45) is 0 Å². The van der Waals surface area contributed by atoms with Crippen molar-refractivity contribution in [3.05, 3.63) is 74.8 Å². The normalized spacial score (nSPS) is 18.2. The van der Waals surface area contributed by atoms with Gasteiger partial charge in [-0.05, 0) is 35.7 Å². The van der Waals surface area contributed by atoms with E-state index in [0.717, 1.165) is 56.2 Å². The van der Waals surface area contributed by atoms with Crippen molar-refractivity contribution in [3.63, 3.8) is 0 Å². The number of likely N-dealkylation sites (tertiary alicyclic amines) is 1. The molecule has 0 spiro atoms. The Morgan fingerprint density at radius 1 is 1.29 bits per heavy atom. The van der Waals surface area contributed by atoms with Gasteiger partial charge < -0.3 is 20.3 Å². The summed E-state index contributed by atoms with van der Waals surface area (Å²) < 4.78 is 0.870. The molecule has 2 aromatic carbocycles. The minimum atomic E-state index is -0.470. The lowest BCUT2D eigenvalue weighted by molar-refractivity contribution is -0.122. The second-order valence-corrected chi connectivity index (χ2v) is 10.5. The summed E-state index contributed by atoms with van der Waals surface area (Å²) in [5.74, 6) is -0.712. The minimum absolute atomic E-state index is 0.0821. The van der Waals surface area contributed by atoms with Gasteiger partial charge in [-0.15, -0.1) is 11.3 Å². The molecule has 9 heteroatoms. The van der Waals surface area contributed by atoms with Gasteiger partial charge in [0, 0.05) is 49.7 Å². The standard InChI is InChI=1S/C25H26N4O3S2/c1-26-23(31)22(16-5-6-21-20(12-16)28-25(32)34-21)19(14-29-9-7-18(30)13-29)15-3-2-4-17(11-15)24-27-8-10-33-24/h2-6,8,10-12,18-19,22,30H,7,9,13-14H2,1H3,(H,26,31)(H,28,32)/t18-,19+,22?/m0/s1. The highest BCUT2D eigenvalue weighted by Gasteiger charge is 2.34. The first-order valence-corrected chi connectivity index (χ1v) is 13.0. The lowest BCUT2D eigenvalue weighted by Crippen LogP contribution is -2.36. The van der Waals surface area contributed by atoms with Gasteiger partial charge in [0.15, 0.2) is 0 Å². The molecule has 34 heavy (non-hydrogen) atoms. The topological polar surface area (TPSA) is 98.3 Å². The number of nitrogens with zero attached hydrogens (tertiary/aromatic N) is 2. The minimum Gasteiger partial charge on any atom is -0.392 e. The van der Waals surface area contributed by atoms with E-state index in [2.05, 4.69) is 32.3 Å².